The highest BCUT2D eigenvalue weighted by molar-refractivity contribution is 5.82. The highest BCUT2D eigenvalue weighted by atomic mass is 16.4. The lowest BCUT2D eigenvalue weighted by molar-refractivity contribution is -0.140. The Kier molecular flexibility index (Phi) is 6.22. The fourth-order valence-electron chi connectivity index (χ4n) is 1.23. The van der Waals surface area contributed by atoms with Crippen molar-refractivity contribution >= 4 is 12.0 Å². The van der Waals surface area contributed by atoms with Crippen LogP contribution in [0.15, 0.2) is 12.7 Å². The number of carbonyl (C=O) groups is 2. The Morgan fingerprint density at radius 2 is 1.88 bits per heavy atom. The van der Waals surface area contributed by atoms with Crippen molar-refractivity contribution < 1.29 is 14.7 Å². The molecular weight excluding hydrogens is 208 g/mol. The Labute approximate surface area is 95.9 Å². The number of nitrogens with one attached hydrogen (secondary N) is 2. The highest BCUT2D eigenvalue weighted by Gasteiger charge is 2.23. The van der Waals surface area contributed by atoms with Gasteiger partial charge in [0.05, 0.1) is 0 Å². The van der Waals surface area contributed by atoms with Gasteiger partial charge in [-0.25, -0.2) is 9.59 Å². The van der Waals surface area contributed by atoms with Crippen LogP contribution in [-0.4, -0.2) is 29.2 Å². The van der Waals surface area contributed by atoms with Crippen LogP contribution in [0, 0.1) is 5.92 Å². The number of rotatable bonds is 6. The van der Waals surface area contributed by atoms with Crippen LogP contribution < -0.4 is 10.6 Å². The molecule has 0 aliphatic carbocycles. The Bertz CT molecular complexity index is 264. The lowest BCUT2D eigenvalue weighted by atomic mass is 10.1. The molecule has 92 valence electrons. The second-order valence-electron chi connectivity index (χ2n) is 4.10. The summed E-state index contributed by atoms with van der Waals surface area (Å²) in [6.07, 6.45) is 2.34. The first kappa shape index (κ1) is 14.5. The average Bonchev–Trinajstić information content (AvgIpc) is 2.13. The molecule has 0 fully saturated rings. The standard InChI is InChI=1S/C11H20N2O3/c1-5-6-8(4)12-11(16)13-9(7(2)3)10(14)15/h5,7-9H,1,6H2,2-4H3,(H,14,15)(H2,12,13,16)/t8?,9-/m1/s1. The summed E-state index contributed by atoms with van der Waals surface area (Å²) in [5, 5.41) is 13.9. The maximum atomic E-state index is 11.4. The van der Waals surface area contributed by atoms with Gasteiger partial charge in [-0.3, -0.25) is 0 Å². The normalized spacial score (nSPS) is 14.0. The van der Waals surface area contributed by atoms with E-state index >= 15 is 0 Å². The van der Waals surface area contributed by atoms with Crippen LogP contribution in [-0.2, 0) is 4.79 Å². The zero-order valence-electron chi connectivity index (χ0n) is 9.99. The summed E-state index contributed by atoms with van der Waals surface area (Å²) in [6, 6.07) is -1.38. The molecule has 0 radical (unpaired) electrons. The second kappa shape index (κ2) is 6.87. The van der Waals surface area contributed by atoms with E-state index in [9.17, 15) is 9.59 Å². The summed E-state index contributed by atoms with van der Waals surface area (Å²) in [5.41, 5.74) is 0. The van der Waals surface area contributed by atoms with E-state index in [0.29, 0.717) is 6.42 Å². The van der Waals surface area contributed by atoms with E-state index in [-0.39, 0.29) is 12.0 Å². The van der Waals surface area contributed by atoms with Crippen LogP contribution in [0.3, 0.4) is 0 Å². The molecule has 1 unspecified atom stereocenters. The molecule has 2 amide bonds. The Morgan fingerprint density at radius 3 is 2.25 bits per heavy atom. The van der Waals surface area contributed by atoms with Gasteiger partial charge in [0.1, 0.15) is 6.04 Å². The number of hydrogen-bond donors (Lipinski definition) is 3. The lowest BCUT2D eigenvalue weighted by Gasteiger charge is -2.20. The number of amides is 2. The van der Waals surface area contributed by atoms with Gasteiger partial charge < -0.3 is 15.7 Å². The molecule has 0 aromatic carbocycles. The Balaban J connectivity index is 4.20. The number of hydrogen-bond acceptors (Lipinski definition) is 2. The molecular formula is C11H20N2O3. The van der Waals surface area contributed by atoms with Crippen LogP contribution in [0.5, 0.6) is 0 Å². The first-order valence-electron chi connectivity index (χ1n) is 5.29. The number of aliphatic carboxylic acids is 1. The minimum absolute atomic E-state index is 0.0564. The smallest absolute Gasteiger partial charge is 0.326 e. The van der Waals surface area contributed by atoms with E-state index in [0.717, 1.165) is 0 Å². The summed E-state index contributed by atoms with van der Waals surface area (Å²) in [7, 11) is 0. The van der Waals surface area contributed by atoms with Gasteiger partial charge in [-0.05, 0) is 19.3 Å². The Morgan fingerprint density at radius 1 is 1.31 bits per heavy atom. The van der Waals surface area contributed by atoms with Crippen LogP contribution in [0.1, 0.15) is 27.2 Å². The largest absolute Gasteiger partial charge is 0.480 e. The maximum Gasteiger partial charge on any atom is 0.326 e. The van der Waals surface area contributed by atoms with Crippen molar-refractivity contribution in [1.29, 1.82) is 0 Å². The van der Waals surface area contributed by atoms with E-state index in [1.807, 2.05) is 6.92 Å². The predicted octanol–water partition coefficient (Wildman–Crippen LogP) is 1.36. The molecule has 3 N–H and O–H groups in total. The monoisotopic (exact) mass is 228 g/mol. The average molecular weight is 228 g/mol. The van der Waals surface area contributed by atoms with E-state index in [2.05, 4.69) is 17.2 Å². The molecule has 5 heteroatoms. The van der Waals surface area contributed by atoms with Gasteiger partial charge in [-0.2, -0.15) is 0 Å². The van der Waals surface area contributed by atoms with Crippen molar-refractivity contribution in [1.82, 2.24) is 10.6 Å². The Hall–Kier alpha value is -1.52. The van der Waals surface area contributed by atoms with Gasteiger partial charge in [0.15, 0.2) is 0 Å². The second-order valence-corrected chi connectivity index (χ2v) is 4.10. The minimum Gasteiger partial charge on any atom is -0.480 e. The third-order valence-electron chi connectivity index (χ3n) is 2.12. The van der Waals surface area contributed by atoms with Crippen molar-refractivity contribution in [3.05, 3.63) is 12.7 Å². The van der Waals surface area contributed by atoms with Crippen LogP contribution >= 0.6 is 0 Å². The zero-order chi connectivity index (χ0) is 12.7. The van der Waals surface area contributed by atoms with Crippen LogP contribution in [0.4, 0.5) is 4.79 Å². The predicted molar refractivity (Wildman–Crippen MR) is 62.2 cm³/mol. The summed E-state index contributed by atoms with van der Waals surface area (Å²) in [6.45, 7) is 8.87. The molecule has 0 saturated heterocycles. The third-order valence-corrected chi connectivity index (χ3v) is 2.12. The number of urea groups is 1. The van der Waals surface area contributed by atoms with Gasteiger partial charge in [0.25, 0.3) is 0 Å². The molecule has 0 aromatic heterocycles. The van der Waals surface area contributed by atoms with E-state index in [1.165, 1.54) is 0 Å². The first-order valence-corrected chi connectivity index (χ1v) is 5.29. The number of carboxylic acid groups (broad SMARTS) is 1. The molecule has 16 heavy (non-hydrogen) atoms. The number of carboxylic acids is 1. The SMILES string of the molecule is C=CCC(C)NC(=O)N[C@@H](C(=O)O)C(C)C. The first-order chi connectivity index (χ1) is 7.38. The summed E-state index contributed by atoms with van der Waals surface area (Å²) < 4.78 is 0. The fraction of sp³-hybridized carbons (Fsp3) is 0.636. The molecule has 2 atom stereocenters. The van der Waals surface area contributed by atoms with Crippen molar-refractivity contribution in [2.75, 3.05) is 0 Å². The molecule has 0 aliphatic rings. The molecule has 0 aliphatic heterocycles. The quantitative estimate of drug-likeness (QED) is 0.601. The topological polar surface area (TPSA) is 78.4 Å². The minimum atomic E-state index is -1.03. The molecule has 0 rings (SSSR count). The summed E-state index contributed by atoms with van der Waals surface area (Å²) in [4.78, 5) is 22.3. The highest BCUT2D eigenvalue weighted by Crippen LogP contribution is 2.01. The molecule has 0 bridgehead atoms. The van der Waals surface area contributed by atoms with Gasteiger partial charge in [0, 0.05) is 6.04 Å². The van der Waals surface area contributed by atoms with Crippen molar-refractivity contribution in [3.8, 4) is 0 Å². The van der Waals surface area contributed by atoms with Gasteiger partial charge >= 0.3 is 12.0 Å². The van der Waals surface area contributed by atoms with E-state index < -0.39 is 18.0 Å². The van der Waals surface area contributed by atoms with E-state index in [1.54, 1.807) is 19.9 Å². The van der Waals surface area contributed by atoms with E-state index in [4.69, 9.17) is 5.11 Å². The van der Waals surface area contributed by atoms with Crippen LogP contribution in [0.25, 0.3) is 0 Å². The summed E-state index contributed by atoms with van der Waals surface area (Å²) in [5.74, 6) is -1.18. The number of carbonyl (C=O) groups excluding carboxylic acids is 1. The van der Waals surface area contributed by atoms with Crippen molar-refractivity contribution in [2.24, 2.45) is 5.92 Å². The van der Waals surface area contributed by atoms with Crippen molar-refractivity contribution in [2.45, 2.75) is 39.3 Å². The summed E-state index contributed by atoms with van der Waals surface area (Å²) >= 11 is 0. The van der Waals surface area contributed by atoms with Gasteiger partial charge in [-0.1, -0.05) is 19.9 Å². The zero-order valence-corrected chi connectivity index (χ0v) is 9.99. The van der Waals surface area contributed by atoms with Crippen molar-refractivity contribution in [3.63, 3.8) is 0 Å². The van der Waals surface area contributed by atoms with Gasteiger partial charge in [-0.15, -0.1) is 6.58 Å². The maximum absolute atomic E-state index is 11.4. The molecule has 0 saturated carbocycles. The van der Waals surface area contributed by atoms with Crippen LogP contribution in [0.2, 0.25) is 0 Å². The lowest BCUT2D eigenvalue weighted by Crippen LogP contribution is -2.50. The molecule has 0 heterocycles. The third kappa shape index (κ3) is 5.38. The molecule has 5 nitrogen and oxygen atoms in total. The molecule has 0 aromatic rings. The molecule has 0 spiro atoms. The fourth-order valence-corrected chi connectivity index (χ4v) is 1.23. The van der Waals surface area contributed by atoms with Gasteiger partial charge in [0.2, 0.25) is 0 Å².